The van der Waals surface area contributed by atoms with Crippen LogP contribution in [0.3, 0.4) is 0 Å². The van der Waals surface area contributed by atoms with Crippen molar-refractivity contribution in [3.63, 3.8) is 0 Å². The van der Waals surface area contributed by atoms with Gasteiger partial charge in [0.15, 0.2) is 5.82 Å². The van der Waals surface area contributed by atoms with Crippen LogP contribution in [-0.4, -0.2) is 64.9 Å². The van der Waals surface area contributed by atoms with E-state index in [4.69, 9.17) is 11.4 Å². The summed E-state index contributed by atoms with van der Waals surface area (Å²) in [6.07, 6.45) is 6.21. The Kier molecular flexibility index (Phi) is 8.03. The van der Waals surface area contributed by atoms with E-state index in [1.54, 1.807) is 6.92 Å². The lowest BCUT2D eigenvalue weighted by atomic mass is 9.93. The fourth-order valence-electron chi connectivity index (χ4n) is 6.27. The Morgan fingerprint density at radius 2 is 1.91 bits per heavy atom. The van der Waals surface area contributed by atoms with Crippen LogP contribution >= 0.6 is 0 Å². The van der Waals surface area contributed by atoms with Gasteiger partial charge in [-0.3, -0.25) is 4.98 Å². The summed E-state index contributed by atoms with van der Waals surface area (Å²) in [7, 11) is 1.84. The lowest BCUT2D eigenvalue weighted by molar-refractivity contribution is -0.137. The number of piperidine rings is 2. The zero-order chi connectivity index (χ0) is 32.1. The molecular weight excluding hydrogens is 591 g/mol. The molecule has 12 heteroatoms. The summed E-state index contributed by atoms with van der Waals surface area (Å²) in [6, 6.07) is 3.96. The van der Waals surface area contributed by atoms with E-state index in [0.717, 1.165) is 44.0 Å². The Balaban J connectivity index is 1.56. The number of alkyl halides is 3. The third kappa shape index (κ3) is 5.99. The number of fused-ring (bicyclic) bond motifs is 2. The summed E-state index contributed by atoms with van der Waals surface area (Å²) in [5.74, 6) is 1.07. The topological polar surface area (TPSA) is 77.4 Å². The number of likely N-dealkylation sites (N-methyl/N-ethyl adjacent to an activating group) is 1. The van der Waals surface area contributed by atoms with Gasteiger partial charge in [-0.05, 0) is 62.7 Å². The molecule has 0 unspecified atom stereocenters. The number of hydrogen-bond acceptors (Lipinski definition) is 7. The van der Waals surface area contributed by atoms with Crippen molar-refractivity contribution in [2.75, 3.05) is 43.0 Å². The molecule has 0 aliphatic carbocycles. The molecule has 236 valence electrons. The van der Waals surface area contributed by atoms with Crippen LogP contribution in [0.2, 0.25) is 0 Å². The fraction of sp³-hybridized carbons (Fsp3) is 0.424. The number of terminal acetylenes is 1. The van der Waals surface area contributed by atoms with Crippen LogP contribution in [0.5, 0.6) is 0 Å². The van der Waals surface area contributed by atoms with Crippen molar-refractivity contribution in [3.05, 3.63) is 53.2 Å². The average molecular weight is 625 g/mol. The van der Waals surface area contributed by atoms with Crippen LogP contribution in [0.1, 0.15) is 50.2 Å². The van der Waals surface area contributed by atoms with Crippen molar-refractivity contribution in [3.8, 4) is 23.6 Å². The molecule has 2 aliphatic rings. The van der Waals surface area contributed by atoms with E-state index in [1.807, 2.05) is 16.8 Å². The van der Waals surface area contributed by atoms with Crippen LogP contribution in [-0.2, 0) is 6.18 Å². The van der Waals surface area contributed by atoms with Gasteiger partial charge in [-0.1, -0.05) is 18.4 Å². The third-order valence-corrected chi connectivity index (χ3v) is 8.84. The normalized spacial score (nSPS) is 18.7. The zero-order valence-electron chi connectivity index (χ0n) is 25.0. The first-order valence-electron chi connectivity index (χ1n) is 14.9. The van der Waals surface area contributed by atoms with Crippen molar-refractivity contribution in [2.24, 2.45) is 0 Å². The molecule has 2 aromatic heterocycles. The predicted octanol–water partition coefficient (Wildman–Crippen LogP) is 6.05. The summed E-state index contributed by atoms with van der Waals surface area (Å²) in [5, 5.41) is 14.2. The molecule has 2 fully saturated rings. The number of hydrogen-bond donors (Lipinski definition) is 2. The Bertz CT molecular complexity index is 1800. The van der Waals surface area contributed by atoms with E-state index in [0.29, 0.717) is 38.3 Å². The van der Waals surface area contributed by atoms with Crippen molar-refractivity contribution in [1.82, 2.24) is 20.3 Å². The van der Waals surface area contributed by atoms with Gasteiger partial charge in [0, 0.05) is 49.9 Å². The summed E-state index contributed by atoms with van der Waals surface area (Å²) in [5.41, 5.74) is -3.05. The first-order chi connectivity index (χ1) is 21.4. The zero-order valence-corrected chi connectivity index (χ0v) is 25.0. The molecule has 45 heavy (non-hydrogen) atoms. The standard InChI is InChI=1S/C33H33F5N6O/c1-4-22-25(34)9-8-19-15-20(33(36,37)38)16-23(26(19)22)28-27(35)29-24(17-40-28)30(43(3)18-21-7-5-6-12-39-21)42-31(41-29)44-13-10-32(2,45)11-14-44/h1,8-9,15-17,21,39,45H,5-7,10-14,18H2,2-3H3/t21-/m0/s1. The quantitative estimate of drug-likeness (QED) is 0.207. The Labute approximate surface area is 257 Å². The van der Waals surface area contributed by atoms with Gasteiger partial charge >= 0.3 is 6.18 Å². The number of benzene rings is 2. The highest BCUT2D eigenvalue weighted by atomic mass is 19.4. The number of nitrogens with one attached hydrogen (secondary N) is 1. The Hall–Kier alpha value is -4.08. The Morgan fingerprint density at radius 1 is 1.16 bits per heavy atom. The third-order valence-electron chi connectivity index (χ3n) is 8.84. The molecule has 4 aromatic rings. The number of pyridine rings is 1. The molecule has 2 N–H and O–H groups in total. The highest BCUT2D eigenvalue weighted by Crippen LogP contribution is 2.41. The van der Waals surface area contributed by atoms with Gasteiger partial charge in [0.1, 0.15) is 22.8 Å². The predicted molar refractivity (Wildman–Crippen MR) is 164 cm³/mol. The number of halogens is 5. The monoisotopic (exact) mass is 624 g/mol. The van der Waals surface area contributed by atoms with Crippen molar-refractivity contribution in [1.29, 1.82) is 0 Å². The number of aromatic nitrogens is 3. The fourth-order valence-corrected chi connectivity index (χ4v) is 6.27. The van der Waals surface area contributed by atoms with Crippen molar-refractivity contribution < 1.29 is 27.1 Å². The van der Waals surface area contributed by atoms with Gasteiger partial charge in [-0.2, -0.15) is 18.2 Å². The maximum absolute atomic E-state index is 16.8. The molecule has 2 aromatic carbocycles. The molecule has 6 rings (SSSR count). The first-order valence-corrected chi connectivity index (χ1v) is 14.9. The van der Waals surface area contributed by atoms with E-state index in [9.17, 15) is 22.7 Å². The van der Waals surface area contributed by atoms with E-state index in [1.165, 1.54) is 12.3 Å². The molecule has 1 atom stereocenters. The molecule has 0 saturated carbocycles. The molecule has 0 radical (unpaired) electrons. The van der Waals surface area contributed by atoms with E-state index < -0.39 is 34.7 Å². The van der Waals surface area contributed by atoms with Crippen LogP contribution in [0, 0.1) is 24.0 Å². The number of rotatable bonds is 5. The number of aliphatic hydroxyl groups is 1. The molecule has 0 spiro atoms. The van der Waals surface area contributed by atoms with Crippen LogP contribution in [0.4, 0.5) is 33.7 Å². The minimum atomic E-state index is -4.77. The van der Waals surface area contributed by atoms with E-state index in [2.05, 4.69) is 21.2 Å². The second-order valence-corrected chi connectivity index (χ2v) is 12.2. The van der Waals surface area contributed by atoms with Gasteiger partial charge in [-0.25, -0.2) is 13.8 Å². The van der Waals surface area contributed by atoms with E-state index in [-0.39, 0.29) is 44.8 Å². The first kappa shape index (κ1) is 30.9. The van der Waals surface area contributed by atoms with Crippen molar-refractivity contribution in [2.45, 2.75) is 56.8 Å². The molecule has 4 heterocycles. The van der Waals surface area contributed by atoms with Crippen LogP contribution in [0.15, 0.2) is 30.5 Å². The van der Waals surface area contributed by atoms with Crippen LogP contribution in [0.25, 0.3) is 32.9 Å². The molecule has 2 saturated heterocycles. The summed E-state index contributed by atoms with van der Waals surface area (Å²) in [6.45, 7) is 4.08. The second kappa shape index (κ2) is 11.7. The van der Waals surface area contributed by atoms with Gasteiger partial charge < -0.3 is 20.2 Å². The maximum atomic E-state index is 16.8. The average Bonchev–Trinajstić information content (AvgIpc) is 3.00. The largest absolute Gasteiger partial charge is 0.416 e. The van der Waals surface area contributed by atoms with E-state index >= 15 is 4.39 Å². The van der Waals surface area contributed by atoms with Gasteiger partial charge in [0.2, 0.25) is 5.95 Å². The van der Waals surface area contributed by atoms with Gasteiger partial charge in [0.25, 0.3) is 0 Å². The number of anilines is 2. The minimum Gasteiger partial charge on any atom is -0.390 e. The molecule has 0 amide bonds. The highest BCUT2D eigenvalue weighted by molar-refractivity contribution is 6.02. The summed E-state index contributed by atoms with van der Waals surface area (Å²) in [4.78, 5) is 17.5. The number of nitrogens with zero attached hydrogens (tertiary/aromatic N) is 5. The van der Waals surface area contributed by atoms with Crippen molar-refractivity contribution >= 4 is 33.4 Å². The maximum Gasteiger partial charge on any atom is 0.416 e. The second-order valence-electron chi connectivity index (χ2n) is 12.2. The summed E-state index contributed by atoms with van der Waals surface area (Å²) < 4.78 is 73.5. The highest BCUT2D eigenvalue weighted by Gasteiger charge is 2.34. The summed E-state index contributed by atoms with van der Waals surface area (Å²) >= 11 is 0. The molecule has 0 bridgehead atoms. The molecular formula is C33H33F5N6O. The molecule has 7 nitrogen and oxygen atoms in total. The Morgan fingerprint density at radius 3 is 2.58 bits per heavy atom. The smallest absolute Gasteiger partial charge is 0.390 e. The van der Waals surface area contributed by atoms with Gasteiger partial charge in [-0.15, -0.1) is 6.42 Å². The lowest BCUT2D eigenvalue weighted by Crippen LogP contribution is -2.44. The minimum absolute atomic E-state index is 0.000350. The van der Waals surface area contributed by atoms with Crippen LogP contribution < -0.4 is 15.1 Å². The molecule has 2 aliphatic heterocycles. The van der Waals surface area contributed by atoms with Gasteiger partial charge in [0.05, 0.1) is 22.1 Å². The lowest BCUT2D eigenvalue weighted by Gasteiger charge is -2.36. The SMILES string of the molecule is C#Cc1c(F)ccc2cc(C(F)(F)F)cc(-c3ncc4c(N(C)C[C@@H]5CCCCN5)nc(N5CCC(C)(O)CC5)nc4c3F)c12.